The van der Waals surface area contributed by atoms with Crippen molar-refractivity contribution in [2.45, 2.75) is 19.9 Å². The van der Waals surface area contributed by atoms with E-state index in [9.17, 15) is 4.79 Å². The summed E-state index contributed by atoms with van der Waals surface area (Å²) in [5.74, 6) is 2.93. The Morgan fingerprint density at radius 1 is 1.00 bits per heavy atom. The zero-order valence-corrected chi connectivity index (χ0v) is 19.2. The van der Waals surface area contributed by atoms with E-state index in [2.05, 4.69) is 21.6 Å². The van der Waals surface area contributed by atoms with Crippen molar-refractivity contribution in [3.05, 3.63) is 53.1 Å². The molecule has 0 saturated carbocycles. The van der Waals surface area contributed by atoms with Gasteiger partial charge in [0.15, 0.2) is 17.5 Å². The van der Waals surface area contributed by atoms with E-state index < -0.39 is 0 Å². The average Bonchev–Trinajstić information content (AvgIpc) is 2.84. The summed E-state index contributed by atoms with van der Waals surface area (Å²) in [6.07, 6.45) is 0.897. The van der Waals surface area contributed by atoms with Crippen LogP contribution in [0.25, 0.3) is 0 Å². The Hall–Kier alpha value is -3.42. The number of hydrogen-bond acceptors (Lipinski definition) is 5. The number of aliphatic imine (C=N–C) groups is 1. The number of rotatable bonds is 8. The zero-order chi connectivity index (χ0) is 22.9. The molecule has 0 spiro atoms. The highest BCUT2D eigenvalue weighted by Gasteiger charge is 2.21. The highest BCUT2D eigenvalue weighted by Crippen LogP contribution is 2.33. The van der Waals surface area contributed by atoms with Crippen molar-refractivity contribution in [2.24, 2.45) is 4.99 Å². The second kappa shape index (κ2) is 11.3. The molecule has 32 heavy (non-hydrogen) atoms. The minimum absolute atomic E-state index is 0.124. The summed E-state index contributed by atoms with van der Waals surface area (Å²) in [7, 11) is 4.91. The van der Waals surface area contributed by atoms with Gasteiger partial charge in [0.05, 0.1) is 27.9 Å². The van der Waals surface area contributed by atoms with E-state index in [4.69, 9.17) is 19.2 Å². The monoisotopic (exact) mass is 440 g/mol. The molecule has 2 aromatic carbocycles. The molecule has 0 fully saturated rings. The van der Waals surface area contributed by atoms with Gasteiger partial charge in [-0.05, 0) is 60.9 Å². The van der Waals surface area contributed by atoms with E-state index in [-0.39, 0.29) is 5.91 Å². The topological polar surface area (TPSA) is 84.4 Å². The maximum Gasteiger partial charge on any atom is 0.251 e. The molecular weight excluding hydrogens is 408 g/mol. The molecule has 0 atom stereocenters. The minimum atomic E-state index is -0.124. The normalized spacial score (nSPS) is 13.2. The number of methoxy groups -OCH3 is 3. The van der Waals surface area contributed by atoms with Crippen molar-refractivity contribution < 1.29 is 19.0 Å². The van der Waals surface area contributed by atoms with Gasteiger partial charge in [-0.1, -0.05) is 0 Å². The molecule has 0 saturated heterocycles. The minimum Gasteiger partial charge on any atom is -0.497 e. The van der Waals surface area contributed by atoms with Crippen LogP contribution in [0.5, 0.6) is 17.2 Å². The van der Waals surface area contributed by atoms with Crippen molar-refractivity contribution in [3.63, 3.8) is 0 Å². The predicted molar refractivity (Wildman–Crippen MR) is 125 cm³/mol. The van der Waals surface area contributed by atoms with Crippen LogP contribution in [-0.2, 0) is 13.0 Å². The van der Waals surface area contributed by atoms with Gasteiger partial charge in [0.25, 0.3) is 5.91 Å². The van der Waals surface area contributed by atoms with Crippen molar-refractivity contribution >= 4 is 11.9 Å². The van der Waals surface area contributed by atoms with Crippen molar-refractivity contribution in [3.8, 4) is 17.2 Å². The quantitative estimate of drug-likeness (QED) is 0.373. The Balaban J connectivity index is 1.60. The zero-order valence-electron chi connectivity index (χ0n) is 19.2. The van der Waals surface area contributed by atoms with Gasteiger partial charge < -0.3 is 29.7 Å². The number of hydrogen-bond donors (Lipinski definition) is 2. The number of nitrogens with one attached hydrogen (secondary N) is 2. The largest absolute Gasteiger partial charge is 0.497 e. The lowest BCUT2D eigenvalue weighted by Gasteiger charge is -2.32. The first kappa shape index (κ1) is 23.2. The summed E-state index contributed by atoms with van der Waals surface area (Å²) >= 11 is 0. The van der Waals surface area contributed by atoms with Gasteiger partial charge in [0.2, 0.25) is 0 Å². The van der Waals surface area contributed by atoms with Crippen LogP contribution in [0.3, 0.4) is 0 Å². The van der Waals surface area contributed by atoms with Crippen molar-refractivity contribution in [1.29, 1.82) is 0 Å². The van der Waals surface area contributed by atoms with E-state index >= 15 is 0 Å². The number of amides is 1. The molecule has 2 N–H and O–H groups in total. The molecule has 1 amide bonds. The summed E-state index contributed by atoms with van der Waals surface area (Å²) in [6, 6.07) is 11.1. The molecule has 0 aliphatic carbocycles. The summed E-state index contributed by atoms with van der Waals surface area (Å²) in [5.41, 5.74) is 3.06. The first-order valence-electron chi connectivity index (χ1n) is 10.8. The molecular formula is C24H32N4O4. The van der Waals surface area contributed by atoms with Gasteiger partial charge in [0.1, 0.15) is 5.75 Å². The fourth-order valence-electron chi connectivity index (χ4n) is 3.67. The lowest BCUT2D eigenvalue weighted by atomic mass is 9.99. The van der Waals surface area contributed by atoms with Crippen LogP contribution < -0.4 is 24.8 Å². The van der Waals surface area contributed by atoms with Gasteiger partial charge in [-0.15, -0.1) is 0 Å². The summed E-state index contributed by atoms with van der Waals surface area (Å²) in [4.78, 5) is 19.3. The van der Waals surface area contributed by atoms with E-state index in [0.29, 0.717) is 18.7 Å². The summed E-state index contributed by atoms with van der Waals surface area (Å²) < 4.78 is 16.0. The second-order valence-electron chi connectivity index (χ2n) is 7.37. The van der Waals surface area contributed by atoms with Crippen LogP contribution in [0.15, 0.2) is 41.4 Å². The molecule has 172 valence electrons. The number of fused-ring (bicyclic) bond motifs is 1. The lowest BCUT2D eigenvalue weighted by molar-refractivity contribution is 0.0954. The molecule has 3 rings (SSSR count). The highest BCUT2D eigenvalue weighted by atomic mass is 16.5. The van der Waals surface area contributed by atoms with E-state index in [1.807, 2.05) is 13.0 Å². The average molecular weight is 441 g/mol. The fraction of sp³-hybridized carbons (Fsp3) is 0.417. The standard InChI is InChI=1S/C24H32N4O4/c1-5-25-24(27-12-11-26-23(29)17-6-8-20(30-2)9-7-17)28-13-10-18-14-21(31-3)22(32-4)15-19(18)16-28/h6-9,14-15H,5,10-13,16H2,1-4H3,(H,25,27)(H,26,29). The third-order valence-electron chi connectivity index (χ3n) is 5.36. The van der Waals surface area contributed by atoms with E-state index in [1.54, 1.807) is 45.6 Å². The summed E-state index contributed by atoms with van der Waals surface area (Å²) in [6.45, 7) is 5.35. The lowest BCUT2D eigenvalue weighted by Crippen LogP contribution is -2.44. The van der Waals surface area contributed by atoms with E-state index in [0.717, 1.165) is 49.3 Å². The predicted octanol–water partition coefficient (Wildman–Crippen LogP) is 2.47. The van der Waals surface area contributed by atoms with Gasteiger partial charge in [-0.25, -0.2) is 0 Å². The van der Waals surface area contributed by atoms with Crippen LogP contribution in [0.4, 0.5) is 0 Å². The number of carbonyl (C=O) groups excluding carboxylic acids is 1. The molecule has 1 aliphatic heterocycles. The van der Waals surface area contributed by atoms with Gasteiger partial charge in [-0.3, -0.25) is 9.79 Å². The third kappa shape index (κ3) is 5.63. The van der Waals surface area contributed by atoms with Crippen molar-refractivity contribution in [1.82, 2.24) is 15.5 Å². The van der Waals surface area contributed by atoms with Crippen LogP contribution in [0.1, 0.15) is 28.4 Å². The van der Waals surface area contributed by atoms with Crippen LogP contribution in [-0.4, -0.2) is 64.3 Å². The molecule has 2 aromatic rings. The van der Waals surface area contributed by atoms with Crippen LogP contribution >= 0.6 is 0 Å². The van der Waals surface area contributed by atoms with Crippen LogP contribution in [0.2, 0.25) is 0 Å². The fourth-order valence-corrected chi connectivity index (χ4v) is 3.67. The molecule has 0 bridgehead atoms. The smallest absolute Gasteiger partial charge is 0.251 e. The Labute approximate surface area is 189 Å². The van der Waals surface area contributed by atoms with Crippen molar-refractivity contribution in [2.75, 3.05) is 47.5 Å². The van der Waals surface area contributed by atoms with Gasteiger partial charge >= 0.3 is 0 Å². The maximum absolute atomic E-state index is 12.3. The second-order valence-corrected chi connectivity index (χ2v) is 7.37. The molecule has 1 aliphatic rings. The number of ether oxygens (including phenoxy) is 3. The Morgan fingerprint density at radius 3 is 2.31 bits per heavy atom. The highest BCUT2D eigenvalue weighted by molar-refractivity contribution is 5.94. The van der Waals surface area contributed by atoms with Crippen LogP contribution in [0, 0.1) is 0 Å². The number of guanidine groups is 1. The number of benzene rings is 2. The molecule has 0 aromatic heterocycles. The Morgan fingerprint density at radius 2 is 1.69 bits per heavy atom. The molecule has 0 radical (unpaired) electrons. The Bertz CT molecular complexity index is 944. The molecule has 1 heterocycles. The Kier molecular flexibility index (Phi) is 8.19. The number of carbonyl (C=O) groups is 1. The molecule has 8 nitrogen and oxygen atoms in total. The molecule has 0 unspecified atom stereocenters. The first-order valence-corrected chi connectivity index (χ1v) is 10.8. The maximum atomic E-state index is 12.3. The SMILES string of the molecule is CCNC(=NCCNC(=O)c1ccc(OC)cc1)N1CCc2cc(OC)c(OC)cc2C1. The van der Waals surface area contributed by atoms with Gasteiger partial charge in [-0.2, -0.15) is 0 Å². The summed E-state index contributed by atoms with van der Waals surface area (Å²) in [5, 5.41) is 6.28. The molecule has 8 heteroatoms. The third-order valence-corrected chi connectivity index (χ3v) is 5.36. The van der Waals surface area contributed by atoms with E-state index in [1.165, 1.54) is 11.1 Å². The number of nitrogens with zero attached hydrogens (tertiary/aromatic N) is 2. The first-order chi connectivity index (χ1) is 15.6. The van der Waals surface area contributed by atoms with Gasteiger partial charge in [0, 0.05) is 31.7 Å².